The molecule has 1 saturated carbocycles. The lowest BCUT2D eigenvalue weighted by Crippen LogP contribution is -2.47. The van der Waals surface area contributed by atoms with Crippen molar-refractivity contribution in [1.29, 1.82) is 0 Å². The molecule has 1 aromatic heterocycles. The SMILES string of the molecule is CC1(C(=O)O)CCCC1NC(=O)c1cc(Cl)c(Cl)[nH]1. The smallest absolute Gasteiger partial charge is 0.311 e. The summed E-state index contributed by atoms with van der Waals surface area (Å²) in [5.74, 6) is -1.29. The highest BCUT2D eigenvalue weighted by Gasteiger charge is 2.46. The molecule has 3 N–H and O–H groups in total. The second kappa shape index (κ2) is 5.06. The molecule has 1 aliphatic rings. The van der Waals surface area contributed by atoms with E-state index in [1.807, 2.05) is 0 Å². The summed E-state index contributed by atoms with van der Waals surface area (Å²) in [6, 6.07) is 1.03. The number of aromatic amines is 1. The van der Waals surface area contributed by atoms with Gasteiger partial charge in [-0.2, -0.15) is 0 Å². The zero-order valence-corrected chi connectivity index (χ0v) is 11.8. The van der Waals surface area contributed by atoms with Crippen LogP contribution in [0.4, 0.5) is 0 Å². The molecular weight excluding hydrogens is 291 g/mol. The van der Waals surface area contributed by atoms with Gasteiger partial charge in [0.15, 0.2) is 0 Å². The zero-order chi connectivity index (χ0) is 14.2. The molecule has 2 rings (SSSR count). The van der Waals surface area contributed by atoms with Crippen LogP contribution in [0.5, 0.6) is 0 Å². The van der Waals surface area contributed by atoms with E-state index in [0.29, 0.717) is 12.8 Å². The number of aromatic nitrogens is 1. The van der Waals surface area contributed by atoms with Crippen LogP contribution in [-0.2, 0) is 4.79 Å². The Morgan fingerprint density at radius 2 is 2.21 bits per heavy atom. The summed E-state index contributed by atoms with van der Waals surface area (Å²) >= 11 is 11.5. The quantitative estimate of drug-likeness (QED) is 0.803. The van der Waals surface area contributed by atoms with Crippen molar-refractivity contribution in [3.63, 3.8) is 0 Å². The Balaban J connectivity index is 2.13. The first kappa shape index (κ1) is 14.2. The summed E-state index contributed by atoms with van der Waals surface area (Å²) < 4.78 is 0. The summed E-state index contributed by atoms with van der Waals surface area (Å²) in [6.45, 7) is 1.65. The summed E-state index contributed by atoms with van der Waals surface area (Å²) in [6.07, 6.45) is 1.98. The second-order valence-electron chi connectivity index (χ2n) is 4.99. The minimum atomic E-state index is -0.921. The predicted molar refractivity (Wildman–Crippen MR) is 71.7 cm³/mol. The van der Waals surface area contributed by atoms with Gasteiger partial charge in [0.1, 0.15) is 10.8 Å². The van der Waals surface area contributed by atoms with Crippen molar-refractivity contribution in [2.24, 2.45) is 5.41 Å². The lowest BCUT2D eigenvalue weighted by molar-refractivity contribution is -0.148. The molecule has 0 saturated heterocycles. The van der Waals surface area contributed by atoms with Crippen LogP contribution in [0.1, 0.15) is 36.7 Å². The van der Waals surface area contributed by atoms with Crippen molar-refractivity contribution in [3.8, 4) is 0 Å². The fourth-order valence-electron chi connectivity index (χ4n) is 2.42. The van der Waals surface area contributed by atoms with E-state index in [4.69, 9.17) is 23.2 Å². The minimum Gasteiger partial charge on any atom is -0.481 e. The highest BCUT2D eigenvalue weighted by atomic mass is 35.5. The van der Waals surface area contributed by atoms with Crippen LogP contribution in [0, 0.1) is 5.41 Å². The average molecular weight is 305 g/mol. The topological polar surface area (TPSA) is 82.2 Å². The van der Waals surface area contributed by atoms with Crippen LogP contribution >= 0.6 is 23.2 Å². The van der Waals surface area contributed by atoms with Crippen LogP contribution in [-0.4, -0.2) is 28.0 Å². The van der Waals surface area contributed by atoms with Gasteiger partial charge >= 0.3 is 5.97 Å². The number of carbonyl (C=O) groups is 2. The zero-order valence-electron chi connectivity index (χ0n) is 10.3. The third kappa shape index (κ3) is 2.58. The molecule has 0 aromatic carbocycles. The Hall–Kier alpha value is -1.20. The highest BCUT2D eigenvalue weighted by Crippen LogP contribution is 2.38. The largest absolute Gasteiger partial charge is 0.481 e. The normalized spacial score (nSPS) is 26.4. The van der Waals surface area contributed by atoms with Crippen molar-refractivity contribution >= 4 is 35.1 Å². The third-order valence-electron chi connectivity index (χ3n) is 3.72. The van der Waals surface area contributed by atoms with Gasteiger partial charge in [0.25, 0.3) is 5.91 Å². The lowest BCUT2D eigenvalue weighted by Gasteiger charge is -2.27. The lowest BCUT2D eigenvalue weighted by atomic mass is 9.85. The Labute approximate surface area is 120 Å². The van der Waals surface area contributed by atoms with Gasteiger partial charge in [-0.25, -0.2) is 0 Å². The summed E-state index contributed by atoms with van der Waals surface area (Å²) in [5.41, 5.74) is -0.690. The molecule has 1 aliphatic carbocycles. The van der Waals surface area contributed by atoms with E-state index in [1.54, 1.807) is 6.92 Å². The summed E-state index contributed by atoms with van der Waals surface area (Å²) in [4.78, 5) is 26.0. The Morgan fingerprint density at radius 1 is 1.53 bits per heavy atom. The van der Waals surface area contributed by atoms with Crippen molar-refractivity contribution in [3.05, 3.63) is 21.9 Å². The van der Waals surface area contributed by atoms with E-state index in [1.165, 1.54) is 6.07 Å². The first-order valence-corrected chi connectivity index (χ1v) is 6.68. The molecular formula is C12H14Cl2N2O3. The van der Waals surface area contributed by atoms with Crippen LogP contribution in [0.15, 0.2) is 6.07 Å². The number of amides is 1. The number of carboxylic acids is 1. The molecule has 0 spiro atoms. The van der Waals surface area contributed by atoms with Crippen molar-refractivity contribution in [2.75, 3.05) is 0 Å². The number of H-pyrrole nitrogens is 1. The highest BCUT2D eigenvalue weighted by molar-refractivity contribution is 6.41. The van der Waals surface area contributed by atoms with Crippen LogP contribution < -0.4 is 5.32 Å². The van der Waals surface area contributed by atoms with Crippen LogP contribution in [0.3, 0.4) is 0 Å². The standard InChI is InChI=1S/C12H14Cl2N2O3/c1-12(11(18)19)4-2-3-8(12)16-10(17)7-5-6(13)9(14)15-7/h5,8,15H,2-4H2,1H3,(H,16,17)(H,18,19). The Morgan fingerprint density at radius 3 is 2.74 bits per heavy atom. The molecule has 1 fully saturated rings. The molecule has 1 aromatic rings. The maximum atomic E-state index is 12.0. The summed E-state index contributed by atoms with van der Waals surface area (Å²) in [5, 5.41) is 12.5. The van der Waals surface area contributed by atoms with Gasteiger partial charge in [0, 0.05) is 6.04 Å². The maximum absolute atomic E-state index is 12.0. The van der Waals surface area contributed by atoms with Gasteiger partial charge in [-0.05, 0) is 25.8 Å². The maximum Gasteiger partial charge on any atom is 0.311 e. The number of hydrogen-bond donors (Lipinski definition) is 3. The van der Waals surface area contributed by atoms with E-state index < -0.39 is 23.3 Å². The molecule has 5 nitrogen and oxygen atoms in total. The predicted octanol–water partition coefficient (Wildman–Crippen LogP) is 2.69. The van der Waals surface area contributed by atoms with Crippen molar-refractivity contribution < 1.29 is 14.7 Å². The monoisotopic (exact) mass is 304 g/mol. The molecule has 1 amide bonds. The first-order valence-electron chi connectivity index (χ1n) is 5.93. The second-order valence-corrected chi connectivity index (χ2v) is 5.77. The molecule has 0 bridgehead atoms. The minimum absolute atomic E-state index is 0.194. The fraction of sp³-hybridized carbons (Fsp3) is 0.500. The molecule has 2 atom stereocenters. The van der Waals surface area contributed by atoms with Gasteiger partial charge in [0.05, 0.1) is 10.4 Å². The average Bonchev–Trinajstić information content (AvgIpc) is 2.86. The third-order valence-corrected chi connectivity index (χ3v) is 4.41. The number of halogens is 2. The van der Waals surface area contributed by atoms with E-state index in [-0.39, 0.29) is 15.9 Å². The first-order chi connectivity index (χ1) is 8.84. The van der Waals surface area contributed by atoms with Gasteiger partial charge in [-0.3, -0.25) is 9.59 Å². The molecule has 19 heavy (non-hydrogen) atoms. The van der Waals surface area contributed by atoms with Crippen LogP contribution in [0.25, 0.3) is 0 Å². The van der Waals surface area contributed by atoms with Gasteiger partial charge in [-0.15, -0.1) is 0 Å². The molecule has 0 radical (unpaired) electrons. The van der Waals surface area contributed by atoms with E-state index in [9.17, 15) is 14.7 Å². The van der Waals surface area contributed by atoms with Gasteiger partial charge in [0.2, 0.25) is 0 Å². The Bertz CT molecular complexity index is 510. The number of nitrogens with one attached hydrogen (secondary N) is 2. The number of carbonyl (C=O) groups excluding carboxylic acids is 1. The van der Waals surface area contributed by atoms with E-state index in [2.05, 4.69) is 10.3 Å². The van der Waals surface area contributed by atoms with Gasteiger partial charge < -0.3 is 15.4 Å². The van der Waals surface area contributed by atoms with E-state index in [0.717, 1.165) is 6.42 Å². The van der Waals surface area contributed by atoms with Crippen molar-refractivity contribution in [2.45, 2.75) is 32.2 Å². The number of aliphatic carboxylic acids is 1. The summed E-state index contributed by atoms with van der Waals surface area (Å²) in [7, 11) is 0. The van der Waals surface area contributed by atoms with Gasteiger partial charge in [-0.1, -0.05) is 29.6 Å². The molecule has 1 heterocycles. The number of hydrogen-bond acceptors (Lipinski definition) is 2. The van der Waals surface area contributed by atoms with Crippen molar-refractivity contribution in [1.82, 2.24) is 10.3 Å². The number of carboxylic acid groups (broad SMARTS) is 1. The molecule has 0 aliphatic heterocycles. The molecule has 2 unspecified atom stereocenters. The molecule has 104 valence electrons. The number of rotatable bonds is 3. The van der Waals surface area contributed by atoms with E-state index >= 15 is 0 Å². The van der Waals surface area contributed by atoms with Crippen LogP contribution in [0.2, 0.25) is 10.2 Å². The fourth-order valence-corrected chi connectivity index (χ4v) is 2.73. The Kier molecular flexibility index (Phi) is 3.78. The molecule has 7 heteroatoms.